The van der Waals surface area contributed by atoms with Gasteiger partial charge < -0.3 is 5.32 Å². The van der Waals surface area contributed by atoms with Crippen molar-refractivity contribution in [2.75, 3.05) is 18.1 Å². The number of rotatable bonds is 4. The molecule has 1 N–H and O–H groups in total. The minimum atomic E-state index is 0.159. The summed E-state index contributed by atoms with van der Waals surface area (Å²) in [6.07, 6.45) is 0. The van der Waals surface area contributed by atoms with Gasteiger partial charge in [0, 0.05) is 47.2 Å². The first-order valence-corrected chi connectivity index (χ1v) is 9.64. The Hall–Kier alpha value is -0.0300. The van der Waals surface area contributed by atoms with E-state index in [4.69, 9.17) is 0 Å². The van der Waals surface area contributed by atoms with Gasteiger partial charge in [-0.3, -0.25) is 4.90 Å². The molecule has 1 aromatic rings. The maximum absolute atomic E-state index is 3.75. The molecule has 0 aliphatic carbocycles. The van der Waals surface area contributed by atoms with Crippen molar-refractivity contribution in [3.8, 4) is 0 Å². The van der Waals surface area contributed by atoms with Crippen molar-refractivity contribution < 1.29 is 0 Å². The zero-order valence-corrected chi connectivity index (χ0v) is 16.0. The van der Waals surface area contributed by atoms with E-state index in [1.54, 1.807) is 0 Å². The second-order valence-corrected chi connectivity index (χ2v) is 8.93. The van der Waals surface area contributed by atoms with E-state index >= 15 is 0 Å². The average Bonchev–Trinajstić information content (AvgIpc) is 2.41. The van der Waals surface area contributed by atoms with Gasteiger partial charge in [0.05, 0.1) is 0 Å². The molecular formula is C17H27BrN2S. The van der Waals surface area contributed by atoms with Crippen LogP contribution in [0.3, 0.4) is 0 Å². The summed E-state index contributed by atoms with van der Waals surface area (Å²) in [5.41, 5.74) is 2.89. The van der Waals surface area contributed by atoms with Crippen LogP contribution in [0.5, 0.6) is 0 Å². The Morgan fingerprint density at radius 3 is 2.76 bits per heavy atom. The van der Waals surface area contributed by atoms with Crippen LogP contribution in [0, 0.1) is 0 Å². The average molecular weight is 371 g/mol. The number of benzene rings is 1. The summed E-state index contributed by atoms with van der Waals surface area (Å²) in [6, 6.07) is 7.47. The van der Waals surface area contributed by atoms with Crippen molar-refractivity contribution in [1.82, 2.24) is 10.2 Å². The first-order chi connectivity index (χ1) is 9.85. The summed E-state index contributed by atoms with van der Waals surface area (Å²) in [5.74, 6) is 2.51. The minimum absolute atomic E-state index is 0.159. The summed E-state index contributed by atoms with van der Waals surface area (Å²) in [5, 5.41) is 3.54. The number of halogens is 1. The fraction of sp³-hybridized carbons (Fsp3) is 0.647. The van der Waals surface area contributed by atoms with Crippen LogP contribution in [0.2, 0.25) is 0 Å². The summed E-state index contributed by atoms with van der Waals surface area (Å²) >= 11 is 5.83. The Bertz CT molecular complexity index is 470. The maximum Gasteiger partial charge on any atom is 0.0248 e. The Balaban J connectivity index is 1.98. The summed E-state index contributed by atoms with van der Waals surface area (Å²) in [4.78, 5) is 2.59. The Morgan fingerprint density at radius 2 is 2.14 bits per heavy atom. The molecule has 1 fully saturated rings. The zero-order chi connectivity index (χ0) is 15.5. The second-order valence-electron chi connectivity index (χ2n) is 6.92. The molecule has 1 unspecified atom stereocenters. The SMILES string of the molecule is CC1CSCCN1Cc1ccc(CNC(C)(C)C)cc1Br. The molecule has 1 atom stereocenters. The lowest BCUT2D eigenvalue weighted by Crippen LogP contribution is -2.39. The molecule has 0 bridgehead atoms. The van der Waals surface area contributed by atoms with E-state index in [9.17, 15) is 0 Å². The van der Waals surface area contributed by atoms with Gasteiger partial charge in [-0.1, -0.05) is 28.1 Å². The van der Waals surface area contributed by atoms with E-state index in [1.165, 1.54) is 33.7 Å². The van der Waals surface area contributed by atoms with Crippen LogP contribution in [-0.4, -0.2) is 34.5 Å². The van der Waals surface area contributed by atoms with Gasteiger partial charge in [-0.2, -0.15) is 11.8 Å². The highest BCUT2D eigenvalue weighted by molar-refractivity contribution is 9.10. The van der Waals surface area contributed by atoms with E-state index in [2.05, 4.69) is 83.8 Å². The Kier molecular flexibility index (Phi) is 6.18. The fourth-order valence-electron chi connectivity index (χ4n) is 2.41. The molecule has 0 aromatic heterocycles. The third kappa shape index (κ3) is 5.59. The van der Waals surface area contributed by atoms with Crippen LogP contribution in [0.25, 0.3) is 0 Å². The van der Waals surface area contributed by atoms with E-state index in [1.807, 2.05) is 0 Å². The first-order valence-electron chi connectivity index (χ1n) is 7.69. The molecule has 0 amide bonds. The highest BCUT2D eigenvalue weighted by Gasteiger charge is 2.19. The van der Waals surface area contributed by atoms with Crippen molar-refractivity contribution in [1.29, 1.82) is 0 Å². The van der Waals surface area contributed by atoms with Gasteiger partial charge >= 0.3 is 0 Å². The minimum Gasteiger partial charge on any atom is -0.308 e. The molecule has 1 aliphatic heterocycles. The molecule has 1 saturated heterocycles. The first kappa shape index (κ1) is 17.3. The molecule has 2 nitrogen and oxygen atoms in total. The Morgan fingerprint density at radius 1 is 1.38 bits per heavy atom. The van der Waals surface area contributed by atoms with Crippen LogP contribution in [0.4, 0.5) is 0 Å². The molecule has 1 aromatic carbocycles. The van der Waals surface area contributed by atoms with E-state index in [-0.39, 0.29) is 5.54 Å². The van der Waals surface area contributed by atoms with Crippen molar-refractivity contribution in [2.24, 2.45) is 0 Å². The molecule has 1 aliphatic rings. The third-order valence-corrected chi connectivity index (χ3v) is 5.75. The molecule has 2 rings (SSSR count). The van der Waals surface area contributed by atoms with Crippen LogP contribution >= 0.6 is 27.7 Å². The van der Waals surface area contributed by atoms with Gasteiger partial charge in [0.15, 0.2) is 0 Å². The fourth-order valence-corrected chi connectivity index (χ4v) is 4.05. The van der Waals surface area contributed by atoms with Crippen LogP contribution < -0.4 is 5.32 Å². The van der Waals surface area contributed by atoms with Crippen molar-refractivity contribution in [3.05, 3.63) is 33.8 Å². The van der Waals surface area contributed by atoms with E-state index < -0.39 is 0 Å². The number of thioether (sulfide) groups is 1. The maximum atomic E-state index is 3.75. The molecular weight excluding hydrogens is 344 g/mol. The van der Waals surface area contributed by atoms with Crippen LogP contribution in [0.15, 0.2) is 22.7 Å². The van der Waals surface area contributed by atoms with Crippen LogP contribution in [0.1, 0.15) is 38.8 Å². The van der Waals surface area contributed by atoms with Gasteiger partial charge in [-0.15, -0.1) is 0 Å². The predicted octanol–water partition coefficient (Wildman–Crippen LogP) is 4.27. The molecule has 0 radical (unpaired) electrons. The Labute approximate surface area is 142 Å². The molecule has 118 valence electrons. The topological polar surface area (TPSA) is 15.3 Å². The third-order valence-electron chi connectivity index (χ3n) is 3.82. The largest absolute Gasteiger partial charge is 0.308 e. The highest BCUT2D eigenvalue weighted by atomic mass is 79.9. The number of hydrogen-bond donors (Lipinski definition) is 1. The lowest BCUT2D eigenvalue weighted by atomic mass is 10.1. The van der Waals surface area contributed by atoms with E-state index in [0.717, 1.165) is 13.1 Å². The van der Waals surface area contributed by atoms with Gasteiger partial charge in [-0.25, -0.2) is 0 Å². The second kappa shape index (κ2) is 7.49. The molecule has 0 saturated carbocycles. The smallest absolute Gasteiger partial charge is 0.0248 e. The van der Waals surface area contributed by atoms with Crippen LogP contribution in [-0.2, 0) is 13.1 Å². The highest BCUT2D eigenvalue weighted by Crippen LogP contribution is 2.24. The zero-order valence-electron chi connectivity index (χ0n) is 13.6. The molecule has 0 spiro atoms. The lowest BCUT2D eigenvalue weighted by Gasteiger charge is -2.33. The number of nitrogens with zero attached hydrogens (tertiary/aromatic N) is 1. The lowest BCUT2D eigenvalue weighted by molar-refractivity contribution is 0.223. The van der Waals surface area contributed by atoms with Crippen molar-refractivity contribution >= 4 is 27.7 Å². The summed E-state index contributed by atoms with van der Waals surface area (Å²) in [6.45, 7) is 12.1. The summed E-state index contributed by atoms with van der Waals surface area (Å²) < 4.78 is 1.24. The molecule has 21 heavy (non-hydrogen) atoms. The van der Waals surface area contributed by atoms with E-state index in [0.29, 0.717) is 6.04 Å². The van der Waals surface area contributed by atoms with Gasteiger partial charge in [0.2, 0.25) is 0 Å². The standard InChI is InChI=1S/C17H27BrN2S/c1-13-12-21-8-7-20(13)11-15-6-5-14(9-16(15)18)10-19-17(2,3)4/h5-6,9,13,19H,7-8,10-12H2,1-4H3. The summed E-state index contributed by atoms with van der Waals surface area (Å²) in [7, 11) is 0. The van der Waals surface area contributed by atoms with Gasteiger partial charge in [0.25, 0.3) is 0 Å². The van der Waals surface area contributed by atoms with Crippen molar-refractivity contribution in [3.63, 3.8) is 0 Å². The van der Waals surface area contributed by atoms with Gasteiger partial charge in [-0.05, 0) is 44.9 Å². The predicted molar refractivity (Wildman–Crippen MR) is 97.9 cm³/mol. The number of hydrogen-bond acceptors (Lipinski definition) is 3. The van der Waals surface area contributed by atoms with Crippen molar-refractivity contribution in [2.45, 2.75) is 52.4 Å². The molecule has 1 heterocycles. The molecule has 4 heteroatoms. The quantitative estimate of drug-likeness (QED) is 0.851. The van der Waals surface area contributed by atoms with Gasteiger partial charge in [0.1, 0.15) is 0 Å². The monoisotopic (exact) mass is 370 g/mol. The number of nitrogens with one attached hydrogen (secondary N) is 1. The normalized spacial score (nSPS) is 20.7.